The van der Waals surface area contributed by atoms with Crippen molar-refractivity contribution in [2.45, 2.75) is 45.2 Å². The van der Waals surface area contributed by atoms with Gasteiger partial charge < -0.3 is 9.72 Å². The summed E-state index contributed by atoms with van der Waals surface area (Å²) in [6, 6.07) is 6.27. The summed E-state index contributed by atoms with van der Waals surface area (Å²) < 4.78 is 5.32. The third-order valence-corrected chi connectivity index (χ3v) is 5.00. The van der Waals surface area contributed by atoms with Crippen LogP contribution in [0.4, 0.5) is 0 Å². The Morgan fingerprint density at radius 1 is 1.38 bits per heavy atom. The van der Waals surface area contributed by atoms with Crippen LogP contribution in [0.5, 0.6) is 5.75 Å². The number of H-pyrrole nitrogens is 1. The second-order valence-electron chi connectivity index (χ2n) is 6.92. The van der Waals surface area contributed by atoms with Crippen LogP contribution in [0.1, 0.15) is 47.0 Å². The average Bonchev–Trinajstić information content (AvgIpc) is 3.40. The summed E-state index contributed by atoms with van der Waals surface area (Å²) in [4.78, 5) is 22.4. The first-order valence-electron chi connectivity index (χ1n) is 8.62. The smallest absolute Gasteiger partial charge is 0.255 e. The van der Waals surface area contributed by atoms with E-state index in [0.717, 1.165) is 60.7 Å². The molecule has 1 aliphatic carbocycles. The van der Waals surface area contributed by atoms with E-state index in [2.05, 4.69) is 28.9 Å². The van der Waals surface area contributed by atoms with Crippen molar-refractivity contribution in [1.82, 2.24) is 14.9 Å². The Morgan fingerprint density at radius 2 is 2.21 bits per heavy atom. The van der Waals surface area contributed by atoms with E-state index in [1.807, 2.05) is 6.07 Å². The minimum absolute atomic E-state index is 0.0533. The lowest BCUT2D eigenvalue weighted by atomic mass is 10.0. The van der Waals surface area contributed by atoms with Gasteiger partial charge in [0.1, 0.15) is 11.6 Å². The molecule has 126 valence electrons. The highest BCUT2D eigenvalue weighted by atomic mass is 16.5. The van der Waals surface area contributed by atoms with Crippen LogP contribution in [0.2, 0.25) is 0 Å². The fourth-order valence-corrected chi connectivity index (χ4v) is 3.48. The molecule has 0 atom stereocenters. The predicted molar refractivity (Wildman–Crippen MR) is 92.4 cm³/mol. The van der Waals surface area contributed by atoms with Crippen molar-refractivity contribution in [1.29, 1.82) is 0 Å². The minimum atomic E-state index is 0.0533. The molecule has 0 bridgehead atoms. The maximum Gasteiger partial charge on any atom is 0.255 e. The Morgan fingerprint density at radius 3 is 2.92 bits per heavy atom. The first-order chi connectivity index (χ1) is 11.6. The highest BCUT2D eigenvalue weighted by molar-refractivity contribution is 5.36. The molecule has 0 spiro atoms. The monoisotopic (exact) mass is 325 g/mol. The summed E-state index contributed by atoms with van der Waals surface area (Å²) in [5, 5.41) is 0. The van der Waals surface area contributed by atoms with E-state index >= 15 is 0 Å². The maximum atomic E-state index is 12.4. The van der Waals surface area contributed by atoms with Gasteiger partial charge in [-0.15, -0.1) is 0 Å². The summed E-state index contributed by atoms with van der Waals surface area (Å²) in [6.45, 7) is 4.52. The number of methoxy groups -OCH3 is 1. The molecule has 24 heavy (non-hydrogen) atoms. The molecular formula is C19H23N3O2. The molecule has 1 fully saturated rings. The van der Waals surface area contributed by atoms with E-state index < -0.39 is 0 Å². The second-order valence-corrected chi connectivity index (χ2v) is 6.92. The van der Waals surface area contributed by atoms with Crippen LogP contribution in [0.15, 0.2) is 23.0 Å². The molecule has 1 N–H and O–H groups in total. The van der Waals surface area contributed by atoms with Gasteiger partial charge in [-0.2, -0.15) is 0 Å². The van der Waals surface area contributed by atoms with Gasteiger partial charge in [-0.05, 0) is 37.0 Å². The molecule has 1 saturated carbocycles. The van der Waals surface area contributed by atoms with Gasteiger partial charge in [0, 0.05) is 32.0 Å². The lowest BCUT2D eigenvalue weighted by molar-refractivity contribution is 0.241. The van der Waals surface area contributed by atoms with Crippen molar-refractivity contribution in [3.8, 4) is 5.75 Å². The number of aromatic nitrogens is 2. The zero-order chi connectivity index (χ0) is 16.7. The van der Waals surface area contributed by atoms with Crippen molar-refractivity contribution in [3.63, 3.8) is 0 Å². The zero-order valence-corrected chi connectivity index (χ0v) is 14.3. The van der Waals surface area contributed by atoms with E-state index in [0.29, 0.717) is 12.5 Å². The molecule has 2 aliphatic rings. The highest BCUT2D eigenvalue weighted by Gasteiger charge is 2.29. The summed E-state index contributed by atoms with van der Waals surface area (Å²) >= 11 is 0. The van der Waals surface area contributed by atoms with E-state index in [4.69, 9.17) is 9.72 Å². The number of hydrogen-bond acceptors (Lipinski definition) is 4. The van der Waals surface area contributed by atoms with Gasteiger partial charge in [-0.1, -0.05) is 12.1 Å². The summed E-state index contributed by atoms with van der Waals surface area (Å²) in [6.07, 6.45) is 3.17. The third kappa shape index (κ3) is 2.96. The number of rotatable bonds is 4. The predicted octanol–water partition coefficient (Wildman–Crippen LogP) is 2.52. The molecule has 0 unspecified atom stereocenters. The normalized spacial score (nSPS) is 17.6. The van der Waals surface area contributed by atoms with Gasteiger partial charge in [0.2, 0.25) is 0 Å². The highest BCUT2D eigenvalue weighted by Crippen LogP contribution is 2.37. The quantitative estimate of drug-likeness (QED) is 0.938. The van der Waals surface area contributed by atoms with Crippen LogP contribution in [0.25, 0.3) is 0 Å². The van der Waals surface area contributed by atoms with Crippen molar-refractivity contribution in [2.75, 3.05) is 13.7 Å². The summed E-state index contributed by atoms with van der Waals surface area (Å²) in [7, 11) is 1.69. The Labute approximate surface area is 141 Å². The largest absolute Gasteiger partial charge is 0.496 e. The maximum absolute atomic E-state index is 12.4. The Kier molecular flexibility index (Phi) is 3.88. The first kappa shape index (κ1) is 15.4. The lowest BCUT2D eigenvalue weighted by Crippen LogP contribution is -2.35. The van der Waals surface area contributed by atoms with Crippen molar-refractivity contribution < 1.29 is 4.74 Å². The Balaban J connectivity index is 1.52. The van der Waals surface area contributed by atoms with Crippen molar-refractivity contribution in [2.24, 2.45) is 0 Å². The van der Waals surface area contributed by atoms with Crippen LogP contribution < -0.4 is 10.3 Å². The zero-order valence-electron chi connectivity index (χ0n) is 14.3. The van der Waals surface area contributed by atoms with Gasteiger partial charge in [0.05, 0.1) is 18.4 Å². The van der Waals surface area contributed by atoms with Crippen LogP contribution in [0.3, 0.4) is 0 Å². The number of benzene rings is 1. The molecule has 0 radical (unpaired) electrons. The number of aryl methyl sites for hydroxylation is 1. The van der Waals surface area contributed by atoms with E-state index in [9.17, 15) is 4.79 Å². The Bertz CT molecular complexity index is 824. The van der Waals surface area contributed by atoms with Gasteiger partial charge in [-0.3, -0.25) is 9.69 Å². The summed E-state index contributed by atoms with van der Waals surface area (Å²) in [5.41, 5.74) is 4.29. The van der Waals surface area contributed by atoms with E-state index in [1.165, 1.54) is 5.56 Å². The average molecular weight is 325 g/mol. The molecular weight excluding hydrogens is 302 g/mol. The molecule has 0 amide bonds. The van der Waals surface area contributed by atoms with Gasteiger partial charge in [-0.25, -0.2) is 4.98 Å². The fraction of sp³-hybridized carbons (Fsp3) is 0.474. The standard InChI is InChI=1S/C19H23N3O2/c1-12-9-13(3-6-17(12)24-2)10-22-8-7-16-15(11-22)19(23)21-18(20-16)14-4-5-14/h3,6,9,14H,4-5,7-8,10-11H2,1-2H3,(H,20,21,23). The van der Waals surface area contributed by atoms with Crippen LogP contribution in [-0.2, 0) is 19.5 Å². The molecule has 2 aromatic rings. The molecule has 1 aromatic heterocycles. The van der Waals surface area contributed by atoms with Gasteiger partial charge in [0.25, 0.3) is 5.56 Å². The van der Waals surface area contributed by atoms with E-state index in [-0.39, 0.29) is 5.56 Å². The SMILES string of the molecule is COc1ccc(CN2CCc3nc(C4CC4)[nH]c(=O)c3C2)cc1C. The molecule has 0 saturated heterocycles. The lowest BCUT2D eigenvalue weighted by Gasteiger charge is -2.28. The topological polar surface area (TPSA) is 58.2 Å². The van der Waals surface area contributed by atoms with Crippen LogP contribution in [0, 0.1) is 6.92 Å². The second kappa shape index (κ2) is 6.06. The van der Waals surface area contributed by atoms with Crippen molar-refractivity contribution in [3.05, 3.63) is 56.8 Å². The molecule has 4 rings (SSSR count). The first-order valence-corrected chi connectivity index (χ1v) is 8.62. The Hall–Kier alpha value is -2.14. The molecule has 2 heterocycles. The van der Waals surface area contributed by atoms with Gasteiger partial charge in [0.15, 0.2) is 0 Å². The summed E-state index contributed by atoms with van der Waals surface area (Å²) in [5.74, 6) is 2.30. The number of aromatic amines is 1. The van der Waals surface area contributed by atoms with Crippen LogP contribution >= 0.6 is 0 Å². The van der Waals surface area contributed by atoms with E-state index in [1.54, 1.807) is 7.11 Å². The van der Waals surface area contributed by atoms with Crippen molar-refractivity contribution >= 4 is 0 Å². The fourth-order valence-electron chi connectivity index (χ4n) is 3.48. The van der Waals surface area contributed by atoms with Crippen LogP contribution in [-0.4, -0.2) is 28.5 Å². The number of ether oxygens (including phenoxy) is 1. The molecule has 5 nitrogen and oxygen atoms in total. The van der Waals surface area contributed by atoms with Gasteiger partial charge >= 0.3 is 0 Å². The number of fused-ring (bicyclic) bond motifs is 1. The molecule has 1 aromatic carbocycles. The number of hydrogen-bond donors (Lipinski definition) is 1. The minimum Gasteiger partial charge on any atom is -0.496 e. The number of nitrogens with one attached hydrogen (secondary N) is 1. The third-order valence-electron chi connectivity index (χ3n) is 5.00. The number of nitrogens with zero attached hydrogens (tertiary/aromatic N) is 2. The molecule has 5 heteroatoms. The molecule has 1 aliphatic heterocycles.